The number of hydrogen-bond acceptors (Lipinski definition) is 0. The Labute approximate surface area is 98.0 Å². The van der Waals surface area contributed by atoms with Gasteiger partial charge in [-0.15, -0.1) is 0 Å². The lowest BCUT2D eigenvalue weighted by atomic mass is 9.93. The van der Waals surface area contributed by atoms with Gasteiger partial charge < -0.3 is 0 Å². The van der Waals surface area contributed by atoms with Gasteiger partial charge in [-0.3, -0.25) is 0 Å². The minimum atomic E-state index is 0.666. The highest BCUT2D eigenvalue weighted by molar-refractivity contribution is 5.60. The molecule has 0 saturated carbocycles. The van der Waals surface area contributed by atoms with Crippen LogP contribution in [-0.2, 0) is 0 Å². The van der Waals surface area contributed by atoms with E-state index in [2.05, 4.69) is 68.5 Å². The van der Waals surface area contributed by atoms with Crippen molar-refractivity contribution >= 4 is 6.08 Å². The van der Waals surface area contributed by atoms with Gasteiger partial charge in [-0.25, -0.2) is 0 Å². The van der Waals surface area contributed by atoms with Crippen LogP contribution in [0, 0.1) is 5.92 Å². The molecule has 0 saturated heterocycles. The van der Waals surface area contributed by atoms with Gasteiger partial charge in [0.25, 0.3) is 0 Å². The molecule has 2 rings (SSSR count). The van der Waals surface area contributed by atoms with Gasteiger partial charge in [-0.2, -0.15) is 0 Å². The molecule has 0 aromatic heterocycles. The third-order valence-corrected chi connectivity index (χ3v) is 2.91. The first-order valence-electron chi connectivity index (χ1n) is 5.88. The first kappa shape index (κ1) is 10.9. The lowest BCUT2D eigenvalue weighted by molar-refractivity contribution is 0.730. The van der Waals surface area contributed by atoms with E-state index >= 15 is 0 Å². The first-order valence-corrected chi connectivity index (χ1v) is 5.88. The van der Waals surface area contributed by atoms with Crippen molar-refractivity contribution < 1.29 is 0 Å². The quantitative estimate of drug-likeness (QED) is 0.668. The SMILES string of the molecule is C/C(=C/c1ccccc1)C1=CC(C)CC=C1. The Morgan fingerprint density at radius 3 is 2.69 bits per heavy atom. The number of allylic oxidation sites excluding steroid dienone is 5. The Kier molecular flexibility index (Phi) is 3.40. The van der Waals surface area contributed by atoms with E-state index in [-0.39, 0.29) is 0 Å². The highest BCUT2D eigenvalue weighted by atomic mass is 14.1. The van der Waals surface area contributed by atoms with E-state index < -0.39 is 0 Å². The summed E-state index contributed by atoms with van der Waals surface area (Å²) in [5.41, 5.74) is 3.98. The van der Waals surface area contributed by atoms with Gasteiger partial charge in [-0.05, 0) is 36.0 Å². The fraction of sp³-hybridized carbons (Fsp3) is 0.250. The van der Waals surface area contributed by atoms with Crippen molar-refractivity contribution in [2.75, 3.05) is 0 Å². The maximum Gasteiger partial charge on any atom is -0.0218 e. The van der Waals surface area contributed by atoms with Crippen LogP contribution in [-0.4, -0.2) is 0 Å². The summed E-state index contributed by atoms with van der Waals surface area (Å²) >= 11 is 0. The average Bonchev–Trinajstić information content (AvgIpc) is 2.30. The van der Waals surface area contributed by atoms with Crippen molar-refractivity contribution in [1.82, 2.24) is 0 Å². The lowest BCUT2D eigenvalue weighted by Gasteiger charge is -2.12. The fourth-order valence-corrected chi connectivity index (χ4v) is 1.99. The van der Waals surface area contributed by atoms with E-state index in [1.165, 1.54) is 23.1 Å². The summed E-state index contributed by atoms with van der Waals surface area (Å²) in [6.07, 6.45) is 10.3. The average molecular weight is 210 g/mol. The van der Waals surface area contributed by atoms with Crippen molar-refractivity contribution in [2.24, 2.45) is 5.92 Å². The van der Waals surface area contributed by atoms with Crippen LogP contribution in [0.1, 0.15) is 25.8 Å². The number of rotatable bonds is 2. The van der Waals surface area contributed by atoms with Crippen molar-refractivity contribution in [1.29, 1.82) is 0 Å². The molecule has 1 atom stereocenters. The molecule has 0 heteroatoms. The molecular formula is C16H18. The predicted octanol–water partition coefficient (Wildman–Crippen LogP) is 4.61. The van der Waals surface area contributed by atoms with E-state index in [9.17, 15) is 0 Å². The molecule has 0 heterocycles. The second kappa shape index (κ2) is 4.98. The molecule has 0 N–H and O–H groups in total. The summed E-state index contributed by atoms with van der Waals surface area (Å²) in [6, 6.07) is 10.5. The Bertz CT molecular complexity index is 432. The zero-order valence-electron chi connectivity index (χ0n) is 9.98. The Morgan fingerprint density at radius 1 is 1.25 bits per heavy atom. The molecule has 1 aromatic carbocycles. The largest absolute Gasteiger partial charge is 0.0834 e. The zero-order chi connectivity index (χ0) is 11.4. The second-order valence-corrected chi connectivity index (χ2v) is 4.48. The summed E-state index contributed by atoms with van der Waals surface area (Å²) < 4.78 is 0. The maximum absolute atomic E-state index is 2.36. The van der Waals surface area contributed by atoms with Crippen LogP contribution in [0.5, 0.6) is 0 Å². The first-order chi connectivity index (χ1) is 7.75. The monoisotopic (exact) mass is 210 g/mol. The van der Waals surface area contributed by atoms with E-state index in [1.54, 1.807) is 0 Å². The Morgan fingerprint density at radius 2 is 2.00 bits per heavy atom. The summed E-state index contributed by atoms with van der Waals surface area (Å²) in [5.74, 6) is 0.666. The van der Waals surface area contributed by atoms with Crippen molar-refractivity contribution in [3.63, 3.8) is 0 Å². The molecule has 0 amide bonds. The molecule has 82 valence electrons. The minimum absolute atomic E-state index is 0.666. The molecule has 1 aliphatic carbocycles. The summed E-state index contributed by atoms with van der Waals surface area (Å²) in [4.78, 5) is 0. The third kappa shape index (κ3) is 2.73. The molecule has 1 aromatic rings. The molecule has 0 nitrogen and oxygen atoms in total. The maximum atomic E-state index is 2.36. The second-order valence-electron chi connectivity index (χ2n) is 4.48. The molecule has 0 radical (unpaired) electrons. The van der Waals surface area contributed by atoms with Crippen LogP contribution in [0.2, 0.25) is 0 Å². The highest BCUT2D eigenvalue weighted by Gasteiger charge is 2.05. The zero-order valence-corrected chi connectivity index (χ0v) is 9.98. The van der Waals surface area contributed by atoms with Gasteiger partial charge in [0.1, 0.15) is 0 Å². The van der Waals surface area contributed by atoms with Crippen molar-refractivity contribution in [3.05, 3.63) is 65.3 Å². The summed E-state index contributed by atoms with van der Waals surface area (Å²) in [6.45, 7) is 4.44. The number of hydrogen-bond donors (Lipinski definition) is 0. The Hall–Kier alpha value is -1.56. The molecule has 0 aliphatic heterocycles. The molecule has 0 fully saturated rings. The van der Waals surface area contributed by atoms with Crippen molar-refractivity contribution in [3.8, 4) is 0 Å². The molecule has 1 unspecified atom stereocenters. The van der Waals surface area contributed by atoms with E-state index in [1.807, 2.05) is 0 Å². The topological polar surface area (TPSA) is 0 Å². The molecular weight excluding hydrogens is 192 g/mol. The van der Waals surface area contributed by atoms with Crippen LogP contribution in [0.15, 0.2) is 59.7 Å². The fourth-order valence-electron chi connectivity index (χ4n) is 1.99. The minimum Gasteiger partial charge on any atom is -0.0834 e. The van der Waals surface area contributed by atoms with Crippen LogP contribution >= 0.6 is 0 Å². The van der Waals surface area contributed by atoms with Crippen LogP contribution in [0.25, 0.3) is 6.08 Å². The summed E-state index contributed by atoms with van der Waals surface area (Å²) in [7, 11) is 0. The lowest BCUT2D eigenvalue weighted by Crippen LogP contribution is -1.96. The van der Waals surface area contributed by atoms with Gasteiger partial charge in [0.2, 0.25) is 0 Å². The third-order valence-electron chi connectivity index (χ3n) is 2.91. The highest BCUT2D eigenvalue weighted by Crippen LogP contribution is 2.23. The predicted molar refractivity (Wildman–Crippen MR) is 71.1 cm³/mol. The Balaban J connectivity index is 2.22. The van der Waals surface area contributed by atoms with Crippen LogP contribution in [0.3, 0.4) is 0 Å². The van der Waals surface area contributed by atoms with Crippen LogP contribution < -0.4 is 0 Å². The van der Waals surface area contributed by atoms with E-state index in [0.717, 1.165) is 0 Å². The number of benzene rings is 1. The standard InChI is InChI=1S/C16H18/c1-13-7-6-10-16(11-13)14(2)12-15-8-4-3-5-9-15/h3-6,8-13H,7H2,1-2H3/b14-12-. The van der Waals surface area contributed by atoms with Gasteiger partial charge in [0.15, 0.2) is 0 Å². The van der Waals surface area contributed by atoms with E-state index in [0.29, 0.717) is 5.92 Å². The normalized spacial score (nSPS) is 20.8. The molecule has 0 spiro atoms. The van der Waals surface area contributed by atoms with Crippen LogP contribution in [0.4, 0.5) is 0 Å². The van der Waals surface area contributed by atoms with Crippen molar-refractivity contribution in [2.45, 2.75) is 20.3 Å². The molecule has 1 aliphatic rings. The van der Waals surface area contributed by atoms with Gasteiger partial charge in [-0.1, -0.05) is 61.6 Å². The van der Waals surface area contributed by atoms with Gasteiger partial charge in [0, 0.05) is 0 Å². The molecule has 16 heavy (non-hydrogen) atoms. The van der Waals surface area contributed by atoms with E-state index in [4.69, 9.17) is 0 Å². The van der Waals surface area contributed by atoms with Gasteiger partial charge >= 0.3 is 0 Å². The molecule has 0 bridgehead atoms. The smallest absolute Gasteiger partial charge is 0.0218 e. The summed E-state index contributed by atoms with van der Waals surface area (Å²) in [5, 5.41) is 0. The van der Waals surface area contributed by atoms with Gasteiger partial charge in [0.05, 0.1) is 0 Å².